The van der Waals surface area contributed by atoms with Gasteiger partial charge in [0, 0.05) is 33.3 Å². The van der Waals surface area contributed by atoms with E-state index in [0.29, 0.717) is 49.8 Å². The van der Waals surface area contributed by atoms with Gasteiger partial charge in [-0.15, -0.1) is 0 Å². The Balaban J connectivity index is 1.37. The molecule has 11 nitrogen and oxygen atoms in total. The summed E-state index contributed by atoms with van der Waals surface area (Å²) in [6, 6.07) is 13.1. The van der Waals surface area contributed by atoms with Crippen LogP contribution in [0.15, 0.2) is 42.5 Å². The summed E-state index contributed by atoms with van der Waals surface area (Å²) in [5.41, 5.74) is 1.89. The van der Waals surface area contributed by atoms with Crippen LogP contribution in [0.25, 0.3) is 0 Å². The molecule has 306 valence electrons. The lowest BCUT2D eigenvalue weighted by Crippen LogP contribution is -2.54. The number of morpholine rings is 1. The third-order valence-electron chi connectivity index (χ3n) is 11.4. The van der Waals surface area contributed by atoms with Gasteiger partial charge in [0.1, 0.15) is 31.3 Å². The van der Waals surface area contributed by atoms with Gasteiger partial charge in [0.15, 0.2) is 11.5 Å². The standard InChI is InChI=1S/C44H66N2O9/c1-32(2)28-41(54-31-49-3)42(34-12-7-6-8-13-34)43(47)46-21-10-9-16-37(46)44(48)55-38(19-17-33-18-20-39(50-4)40(29-33)51-5)35-14-11-15-36(30-35)53-27-24-45-22-25-52-26-23-45/h11,14-15,18,20,29-30,32,34,37-38,41-42H,6-10,12-13,16-17,19,21-28,31H2,1-5H3/t37?,38-,41-,42+/m1/s1. The predicted molar refractivity (Wildman–Crippen MR) is 212 cm³/mol. The Bertz CT molecular complexity index is 1460. The van der Waals surface area contributed by atoms with Gasteiger partial charge >= 0.3 is 5.97 Å². The van der Waals surface area contributed by atoms with Crippen LogP contribution in [-0.4, -0.2) is 108 Å². The van der Waals surface area contributed by atoms with E-state index in [1.165, 1.54) is 6.42 Å². The molecular formula is C44H66N2O9. The number of ether oxygens (including phenoxy) is 7. The number of benzene rings is 2. The summed E-state index contributed by atoms with van der Waals surface area (Å²) in [5, 5.41) is 0. The second kappa shape index (κ2) is 22.4. The Kier molecular flexibility index (Phi) is 17.4. The van der Waals surface area contributed by atoms with Gasteiger partial charge in [0.2, 0.25) is 5.91 Å². The van der Waals surface area contributed by atoms with Crippen LogP contribution in [0.4, 0.5) is 0 Å². The van der Waals surface area contributed by atoms with Crippen LogP contribution >= 0.6 is 0 Å². The number of carbonyl (C=O) groups is 2. The van der Waals surface area contributed by atoms with Crippen molar-refractivity contribution >= 4 is 11.9 Å². The number of aryl methyl sites for hydroxylation is 1. The number of methoxy groups -OCH3 is 3. The van der Waals surface area contributed by atoms with E-state index in [1.807, 2.05) is 47.4 Å². The molecule has 11 heteroatoms. The van der Waals surface area contributed by atoms with Crippen LogP contribution < -0.4 is 14.2 Å². The molecule has 1 saturated carbocycles. The van der Waals surface area contributed by atoms with Crippen molar-refractivity contribution in [3.63, 3.8) is 0 Å². The summed E-state index contributed by atoms with van der Waals surface area (Å²) in [4.78, 5) is 33.6. The summed E-state index contributed by atoms with van der Waals surface area (Å²) in [7, 11) is 4.87. The first-order valence-electron chi connectivity index (χ1n) is 20.7. The maximum absolute atomic E-state index is 14.9. The molecule has 0 N–H and O–H groups in total. The molecule has 0 aromatic heterocycles. The number of rotatable bonds is 20. The zero-order valence-electron chi connectivity index (χ0n) is 34.0. The van der Waals surface area contributed by atoms with Gasteiger partial charge in [0.25, 0.3) is 0 Å². The molecule has 0 bridgehead atoms. The zero-order valence-corrected chi connectivity index (χ0v) is 34.0. The molecule has 2 aliphatic heterocycles. The number of hydrogen-bond donors (Lipinski definition) is 0. The van der Waals surface area contributed by atoms with Crippen molar-refractivity contribution in [3.05, 3.63) is 53.6 Å². The maximum atomic E-state index is 14.9. The molecule has 3 fully saturated rings. The molecule has 2 aromatic rings. The SMILES string of the molecule is COCO[C@H](CC(C)C)[C@@H](C(=O)N1CCCCC1C(=O)O[C@H](CCc1ccc(OC)c(OC)c1)c1cccc(OCCN2CCOCC2)c1)C1CCCCC1. The van der Waals surface area contributed by atoms with E-state index in [-0.39, 0.29) is 36.6 Å². The summed E-state index contributed by atoms with van der Waals surface area (Å²) >= 11 is 0. The lowest BCUT2D eigenvalue weighted by molar-refractivity contribution is -0.169. The molecule has 0 spiro atoms. The first-order chi connectivity index (χ1) is 26.8. The minimum Gasteiger partial charge on any atom is -0.493 e. The van der Waals surface area contributed by atoms with Crippen molar-refractivity contribution in [1.29, 1.82) is 0 Å². The molecule has 1 aliphatic carbocycles. The molecule has 55 heavy (non-hydrogen) atoms. The molecule has 3 aliphatic rings. The summed E-state index contributed by atoms with van der Waals surface area (Å²) < 4.78 is 40.9. The fourth-order valence-corrected chi connectivity index (χ4v) is 8.50. The highest BCUT2D eigenvalue weighted by Gasteiger charge is 2.44. The van der Waals surface area contributed by atoms with Crippen molar-refractivity contribution in [2.24, 2.45) is 17.8 Å². The number of likely N-dealkylation sites (tertiary alicyclic amines) is 1. The monoisotopic (exact) mass is 766 g/mol. The van der Waals surface area contributed by atoms with Gasteiger partial charge in [0.05, 0.1) is 39.5 Å². The maximum Gasteiger partial charge on any atom is 0.329 e. The number of amides is 1. The molecule has 1 unspecified atom stereocenters. The first kappa shape index (κ1) is 42.8. The van der Waals surface area contributed by atoms with Crippen molar-refractivity contribution in [2.45, 2.75) is 103 Å². The molecule has 4 atom stereocenters. The molecule has 2 saturated heterocycles. The Hall–Kier alpha value is -3.38. The number of piperidine rings is 1. The van der Waals surface area contributed by atoms with Crippen molar-refractivity contribution < 1.29 is 42.7 Å². The van der Waals surface area contributed by atoms with Crippen LogP contribution in [-0.2, 0) is 35.0 Å². The molecule has 2 aromatic carbocycles. The largest absolute Gasteiger partial charge is 0.493 e. The lowest BCUT2D eigenvalue weighted by Gasteiger charge is -2.42. The van der Waals surface area contributed by atoms with Gasteiger partial charge in [-0.1, -0.05) is 51.3 Å². The van der Waals surface area contributed by atoms with Crippen molar-refractivity contribution in [3.8, 4) is 17.2 Å². The minimum absolute atomic E-state index is 0.0212. The predicted octanol–water partition coefficient (Wildman–Crippen LogP) is 7.24. The third-order valence-corrected chi connectivity index (χ3v) is 11.4. The Morgan fingerprint density at radius 1 is 0.873 bits per heavy atom. The average Bonchev–Trinajstić information content (AvgIpc) is 3.22. The average molecular weight is 767 g/mol. The van der Waals surface area contributed by atoms with E-state index in [9.17, 15) is 9.59 Å². The Morgan fingerprint density at radius 3 is 2.36 bits per heavy atom. The number of esters is 1. The highest BCUT2D eigenvalue weighted by molar-refractivity contribution is 5.86. The summed E-state index contributed by atoms with van der Waals surface area (Å²) in [6.07, 6.45) is 8.75. The van der Waals surface area contributed by atoms with Gasteiger partial charge in [-0.2, -0.15) is 0 Å². The second-order valence-corrected chi connectivity index (χ2v) is 15.7. The van der Waals surface area contributed by atoms with Crippen molar-refractivity contribution in [2.75, 3.05) is 74.1 Å². The fourth-order valence-electron chi connectivity index (χ4n) is 8.50. The van der Waals surface area contributed by atoms with Crippen LogP contribution in [0.1, 0.15) is 95.3 Å². The van der Waals surface area contributed by atoms with E-state index in [0.717, 1.165) is 94.7 Å². The normalized spacial score (nSPS) is 20.1. The number of nitrogens with zero attached hydrogens (tertiary/aromatic N) is 2. The molecule has 2 heterocycles. The molecule has 1 amide bonds. The van der Waals surface area contributed by atoms with Crippen LogP contribution in [0.2, 0.25) is 0 Å². The smallest absolute Gasteiger partial charge is 0.329 e. The minimum atomic E-state index is -0.661. The Morgan fingerprint density at radius 2 is 1.64 bits per heavy atom. The van der Waals surface area contributed by atoms with Gasteiger partial charge in [-0.05, 0) is 98.6 Å². The summed E-state index contributed by atoms with van der Waals surface area (Å²) in [6.45, 7) is 9.65. The number of hydrogen-bond acceptors (Lipinski definition) is 10. The Labute approximate surface area is 329 Å². The highest BCUT2D eigenvalue weighted by atomic mass is 16.7. The van der Waals surface area contributed by atoms with E-state index in [1.54, 1.807) is 21.3 Å². The fraction of sp³-hybridized carbons (Fsp3) is 0.682. The first-order valence-corrected chi connectivity index (χ1v) is 20.7. The van der Waals surface area contributed by atoms with Gasteiger partial charge in [-0.3, -0.25) is 9.69 Å². The van der Waals surface area contributed by atoms with Gasteiger partial charge in [-0.25, -0.2) is 4.79 Å². The number of carbonyl (C=O) groups excluding carboxylic acids is 2. The van der Waals surface area contributed by atoms with Gasteiger partial charge < -0.3 is 38.1 Å². The highest BCUT2D eigenvalue weighted by Crippen LogP contribution is 2.38. The van der Waals surface area contributed by atoms with Crippen LogP contribution in [0.3, 0.4) is 0 Å². The lowest BCUT2D eigenvalue weighted by atomic mass is 9.74. The third kappa shape index (κ3) is 12.6. The topological polar surface area (TPSA) is 105 Å². The van der Waals surface area contributed by atoms with Crippen molar-refractivity contribution in [1.82, 2.24) is 9.80 Å². The summed E-state index contributed by atoms with van der Waals surface area (Å²) in [5.74, 6) is 1.92. The molecule has 0 radical (unpaired) electrons. The van der Waals surface area contributed by atoms with E-state index < -0.39 is 12.1 Å². The quantitative estimate of drug-likeness (QED) is 0.101. The van der Waals surface area contributed by atoms with E-state index in [4.69, 9.17) is 33.2 Å². The zero-order chi connectivity index (χ0) is 39.0. The molecular weight excluding hydrogens is 700 g/mol. The van der Waals surface area contributed by atoms with E-state index in [2.05, 4.69) is 18.7 Å². The second-order valence-electron chi connectivity index (χ2n) is 15.7. The molecule has 5 rings (SSSR count). The van der Waals surface area contributed by atoms with Crippen LogP contribution in [0, 0.1) is 17.8 Å². The van der Waals surface area contributed by atoms with E-state index >= 15 is 0 Å². The van der Waals surface area contributed by atoms with Crippen LogP contribution in [0.5, 0.6) is 17.2 Å².